The Morgan fingerprint density at radius 2 is 2.00 bits per heavy atom. The first kappa shape index (κ1) is 12.7. The van der Waals surface area contributed by atoms with Crippen molar-refractivity contribution in [3.63, 3.8) is 0 Å². The third kappa shape index (κ3) is 3.13. The van der Waals surface area contributed by atoms with Gasteiger partial charge in [-0.15, -0.1) is 0 Å². The van der Waals surface area contributed by atoms with E-state index in [1.54, 1.807) is 18.2 Å². The fraction of sp³-hybridized carbons (Fsp3) is 0.400. The van der Waals surface area contributed by atoms with Gasteiger partial charge in [0.2, 0.25) is 5.91 Å². The quantitative estimate of drug-likeness (QED) is 0.797. The monoisotopic (exact) mass is 245 g/mol. The lowest BCUT2D eigenvalue weighted by molar-refractivity contribution is -0.120. The highest BCUT2D eigenvalue weighted by Crippen LogP contribution is 2.25. The van der Waals surface area contributed by atoms with E-state index in [0.29, 0.717) is 5.56 Å². The zero-order chi connectivity index (χ0) is 13.0. The number of carbonyl (C=O) groups is 1. The molecule has 0 bridgehead atoms. The fourth-order valence-electron chi connectivity index (χ4n) is 2.39. The molecular formula is C15H19NO2. The second-order valence-electron chi connectivity index (χ2n) is 4.85. The SMILES string of the molecule is C=C(O)c1cccc(NC(=O)C2CCCCC2)c1. The molecule has 1 amide bonds. The number of rotatable bonds is 3. The number of nitrogens with one attached hydrogen (secondary N) is 1. The Labute approximate surface area is 108 Å². The van der Waals surface area contributed by atoms with Crippen molar-refractivity contribution in [3.8, 4) is 0 Å². The van der Waals surface area contributed by atoms with Crippen LogP contribution in [0, 0.1) is 5.92 Å². The van der Waals surface area contributed by atoms with E-state index in [9.17, 15) is 9.90 Å². The summed E-state index contributed by atoms with van der Waals surface area (Å²) >= 11 is 0. The lowest BCUT2D eigenvalue weighted by Crippen LogP contribution is -2.24. The Bertz CT molecular complexity index is 448. The van der Waals surface area contributed by atoms with Gasteiger partial charge in [0.25, 0.3) is 0 Å². The summed E-state index contributed by atoms with van der Waals surface area (Å²) in [5.41, 5.74) is 1.36. The van der Waals surface area contributed by atoms with Gasteiger partial charge in [-0.05, 0) is 25.0 Å². The van der Waals surface area contributed by atoms with Crippen LogP contribution in [0.2, 0.25) is 0 Å². The normalized spacial score (nSPS) is 16.2. The molecule has 0 aromatic heterocycles. The predicted octanol–water partition coefficient (Wildman–Crippen LogP) is 3.73. The molecule has 0 radical (unpaired) electrons. The molecule has 18 heavy (non-hydrogen) atoms. The fourth-order valence-corrected chi connectivity index (χ4v) is 2.39. The molecule has 96 valence electrons. The van der Waals surface area contributed by atoms with E-state index >= 15 is 0 Å². The molecule has 1 aromatic rings. The van der Waals surface area contributed by atoms with Crippen LogP contribution in [0.4, 0.5) is 5.69 Å². The summed E-state index contributed by atoms with van der Waals surface area (Å²) in [6, 6.07) is 7.13. The molecule has 3 heteroatoms. The second-order valence-corrected chi connectivity index (χ2v) is 4.85. The number of amides is 1. The summed E-state index contributed by atoms with van der Waals surface area (Å²) in [5.74, 6) is 0.249. The molecule has 1 aliphatic rings. The van der Waals surface area contributed by atoms with Gasteiger partial charge in [-0.25, -0.2) is 0 Å². The zero-order valence-corrected chi connectivity index (χ0v) is 10.5. The first-order valence-electron chi connectivity index (χ1n) is 6.46. The Hall–Kier alpha value is -1.77. The maximum absolute atomic E-state index is 12.1. The summed E-state index contributed by atoms with van der Waals surface area (Å²) in [7, 11) is 0. The minimum absolute atomic E-state index is 0.0174. The standard InChI is InChI=1S/C15H19NO2/c1-11(17)13-8-5-9-14(10-13)16-15(18)12-6-3-2-4-7-12/h5,8-10,12,17H,1-4,6-7H2,(H,16,18). The molecule has 0 aliphatic heterocycles. The third-order valence-corrected chi connectivity index (χ3v) is 3.44. The van der Waals surface area contributed by atoms with Crippen LogP contribution in [-0.2, 0) is 4.79 Å². The summed E-state index contributed by atoms with van der Waals surface area (Å²) in [6.45, 7) is 3.48. The maximum Gasteiger partial charge on any atom is 0.227 e. The summed E-state index contributed by atoms with van der Waals surface area (Å²) < 4.78 is 0. The zero-order valence-electron chi connectivity index (χ0n) is 10.5. The molecule has 2 rings (SSSR count). The number of hydrogen-bond donors (Lipinski definition) is 2. The van der Waals surface area contributed by atoms with E-state index in [1.807, 2.05) is 6.07 Å². The topological polar surface area (TPSA) is 49.3 Å². The first-order valence-corrected chi connectivity index (χ1v) is 6.46. The van der Waals surface area contributed by atoms with Crippen LogP contribution in [0.15, 0.2) is 30.8 Å². The Balaban J connectivity index is 2.02. The van der Waals surface area contributed by atoms with E-state index in [1.165, 1.54) is 6.42 Å². The molecule has 0 heterocycles. The molecule has 1 aliphatic carbocycles. The molecule has 1 fully saturated rings. The predicted molar refractivity (Wildman–Crippen MR) is 73.3 cm³/mol. The van der Waals surface area contributed by atoms with Crippen LogP contribution < -0.4 is 5.32 Å². The minimum atomic E-state index is 0.0174. The van der Waals surface area contributed by atoms with Crippen molar-refractivity contribution in [2.24, 2.45) is 5.92 Å². The van der Waals surface area contributed by atoms with Crippen molar-refractivity contribution in [2.75, 3.05) is 5.32 Å². The number of anilines is 1. The molecule has 3 nitrogen and oxygen atoms in total. The molecule has 0 spiro atoms. The molecule has 0 atom stereocenters. The highest BCUT2D eigenvalue weighted by atomic mass is 16.3. The van der Waals surface area contributed by atoms with Crippen LogP contribution in [0.1, 0.15) is 37.7 Å². The van der Waals surface area contributed by atoms with Crippen molar-refractivity contribution in [1.29, 1.82) is 0 Å². The van der Waals surface area contributed by atoms with Gasteiger partial charge in [0.1, 0.15) is 5.76 Å². The Kier molecular flexibility index (Phi) is 4.03. The first-order chi connectivity index (χ1) is 8.66. The number of hydrogen-bond acceptors (Lipinski definition) is 2. The van der Waals surface area contributed by atoms with E-state index < -0.39 is 0 Å². The lowest BCUT2D eigenvalue weighted by atomic mass is 9.88. The van der Waals surface area contributed by atoms with Crippen molar-refractivity contribution in [1.82, 2.24) is 0 Å². The van der Waals surface area contributed by atoms with Crippen LogP contribution >= 0.6 is 0 Å². The summed E-state index contributed by atoms with van der Waals surface area (Å²) in [5, 5.41) is 12.2. The average Bonchev–Trinajstić information content (AvgIpc) is 2.40. The third-order valence-electron chi connectivity index (χ3n) is 3.44. The summed E-state index contributed by atoms with van der Waals surface area (Å²) in [6.07, 6.45) is 5.50. The van der Waals surface area contributed by atoms with Crippen LogP contribution in [0.3, 0.4) is 0 Å². The van der Waals surface area contributed by atoms with Crippen molar-refractivity contribution in [2.45, 2.75) is 32.1 Å². The maximum atomic E-state index is 12.1. The average molecular weight is 245 g/mol. The van der Waals surface area contributed by atoms with Crippen molar-refractivity contribution in [3.05, 3.63) is 36.4 Å². The van der Waals surface area contributed by atoms with Gasteiger partial charge < -0.3 is 10.4 Å². The lowest BCUT2D eigenvalue weighted by Gasteiger charge is -2.20. The molecule has 1 saturated carbocycles. The van der Waals surface area contributed by atoms with Gasteiger partial charge >= 0.3 is 0 Å². The van der Waals surface area contributed by atoms with Crippen molar-refractivity contribution < 1.29 is 9.90 Å². The van der Waals surface area contributed by atoms with Gasteiger partial charge in [0, 0.05) is 17.2 Å². The van der Waals surface area contributed by atoms with E-state index in [2.05, 4.69) is 11.9 Å². The number of aliphatic hydroxyl groups excluding tert-OH is 1. The van der Waals surface area contributed by atoms with Crippen molar-refractivity contribution >= 4 is 17.4 Å². The number of aliphatic hydroxyl groups is 1. The van der Waals surface area contributed by atoms with Crippen LogP contribution in [0.5, 0.6) is 0 Å². The Morgan fingerprint density at radius 1 is 1.28 bits per heavy atom. The van der Waals surface area contributed by atoms with E-state index in [-0.39, 0.29) is 17.6 Å². The van der Waals surface area contributed by atoms with Gasteiger partial charge in [0.15, 0.2) is 0 Å². The molecular weight excluding hydrogens is 226 g/mol. The van der Waals surface area contributed by atoms with E-state index in [0.717, 1.165) is 31.4 Å². The van der Waals surface area contributed by atoms with Gasteiger partial charge in [-0.2, -0.15) is 0 Å². The highest BCUT2D eigenvalue weighted by Gasteiger charge is 2.20. The summed E-state index contributed by atoms with van der Waals surface area (Å²) in [4.78, 5) is 12.1. The van der Waals surface area contributed by atoms with Gasteiger partial charge in [-0.1, -0.05) is 38.0 Å². The molecule has 0 unspecified atom stereocenters. The van der Waals surface area contributed by atoms with E-state index in [4.69, 9.17) is 0 Å². The minimum Gasteiger partial charge on any atom is -0.508 e. The van der Waals surface area contributed by atoms with Gasteiger partial charge in [0.05, 0.1) is 0 Å². The second kappa shape index (κ2) is 5.71. The van der Waals surface area contributed by atoms with Crippen LogP contribution in [0.25, 0.3) is 5.76 Å². The number of benzene rings is 1. The smallest absolute Gasteiger partial charge is 0.227 e. The highest BCUT2D eigenvalue weighted by molar-refractivity contribution is 5.92. The largest absolute Gasteiger partial charge is 0.508 e. The Morgan fingerprint density at radius 3 is 2.67 bits per heavy atom. The molecule has 1 aromatic carbocycles. The molecule has 2 N–H and O–H groups in total. The molecule has 0 saturated heterocycles. The number of carbonyl (C=O) groups excluding carboxylic acids is 1. The van der Waals surface area contributed by atoms with Crippen LogP contribution in [-0.4, -0.2) is 11.0 Å². The van der Waals surface area contributed by atoms with Gasteiger partial charge in [-0.3, -0.25) is 4.79 Å².